The summed E-state index contributed by atoms with van der Waals surface area (Å²) in [6.45, 7) is 5.55. The summed E-state index contributed by atoms with van der Waals surface area (Å²) in [5, 5.41) is 5.05. The number of pyridine rings is 2. The number of anilines is 2. The van der Waals surface area contributed by atoms with Crippen LogP contribution in [0.5, 0.6) is 0 Å². The summed E-state index contributed by atoms with van der Waals surface area (Å²) in [4.78, 5) is 34.1. The summed E-state index contributed by atoms with van der Waals surface area (Å²) >= 11 is 0. The van der Waals surface area contributed by atoms with Crippen LogP contribution in [0.1, 0.15) is 40.0 Å². The Hall–Kier alpha value is -3.39. The average Bonchev–Trinajstić information content (AvgIpc) is 2.77. The van der Waals surface area contributed by atoms with Crippen molar-refractivity contribution in [2.24, 2.45) is 5.73 Å². The third-order valence-electron chi connectivity index (χ3n) is 6.19. The molecule has 1 fully saturated rings. The minimum Gasteiger partial charge on any atom is -0.381 e. The van der Waals surface area contributed by atoms with Gasteiger partial charge in [-0.1, -0.05) is 0 Å². The van der Waals surface area contributed by atoms with Crippen LogP contribution in [0.4, 0.5) is 11.5 Å². The van der Waals surface area contributed by atoms with E-state index in [0.29, 0.717) is 29.5 Å². The fourth-order valence-electron chi connectivity index (χ4n) is 4.38. The summed E-state index contributed by atoms with van der Waals surface area (Å²) in [6, 6.07) is 7.81. The van der Waals surface area contributed by atoms with E-state index in [1.54, 1.807) is 12.3 Å². The van der Waals surface area contributed by atoms with Gasteiger partial charge >= 0.3 is 0 Å². The Kier molecular flexibility index (Phi) is 6.14. The van der Waals surface area contributed by atoms with Gasteiger partial charge in [0.25, 0.3) is 5.56 Å². The molecule has 168 valence electrons. The molecule has 1 aliphatic heterocycles. The van der Waals surface area contributed by atoms with E-state index in [1.165, 1.54) is 0 Å². The number of H-pyrrole nitrogens is 1. The van der Waals surface area contributed by atoms with E-state index < -0.39 is 5.91 Å². The third kappa shape index (κ3) is 4.31. The number of primary amides is 1. The van der Waals surface area contributed by atoms with Crippen LogP contribution < -0.4 is 21.5 Å². The highest BCUT2D eigenvalue weighted by molar-refractivity contribution is 6.06. The molecule has 0 unspecified atom stereocenters. The number of hydrogen-bond donors (Lipinski definition) is 3. The lowest BCUT2D eigenvalue weighted by atomic mass is 10.0. The number of ether oxygens (including phenoxy) is 1. The van der Waals surface area contributed by atoms with Crippen LogP contribution in [0.3, 0.4) is 0 Å². The van der Waals surface area contributed by atoms with E-state index in [2.05, 4.69) is 20.2 Å². The second-order valence-electron chi connectivity index (χ2n) is 8.37. The van der Waals surface area contributed by atoms with Crippen LogP contribution in [-0.4, -0.2) is 42.2 Å². The molecule has 0 saturated carbocycles. The van der Waals surface area contributed by atoms with Gasteiger partial charge in [0, 0.05) is 72.3 Å². The van der Waals surface area contributed by atoms with Gasteiger partial charge in [-0.05, 0) is 56.5 Å². The number of aromatic amines is 1. The first-order chi connectivity index (χ1) is 15.3. The van der Waals surface area contributed by atoms with Crippen LogP contribution in [0.25, 0.3) is 10.8 Å². The number of aryl methyl sites for hydroxylation is 2. The zero-order valence-corrected chi connectivity index (χ0v) is 18.7. The minimum atomic E-state index is -0.492. The van der Waals surface area contributed by atoms with Gasteiger partial charge in [0.2, 0.25) is 5.91 Å². The molecular weight excluding hydrogens is 406 g/mol. The van der Waals surface area contributed by atoms with E-state index in [9.17, 15) is 9.59 Å². The Morgan fingerprint density at radius 1 is 1.25 bits per heavy atom. The molecule has 3 aromatic rings. The molecule has 0 spiro atoms. The largest absolute Gasteiger partial charge is 0.381 e. The minimum absolute atomic E-state index is 0.118. The van der Waals surface area contributed by atoms with Crippen molar-refractivity contribution in [1.29, 1.82) is 0 Å². The Labute approximate surface area is 186 Å². The standard InChI is InChI=1S/C24H29N5O3/c1-14-10-15(2)28-24(31)20(14)13-27-23-19-11-16(22(25)30)12-21(18(19)4-7-26-23)29(3)17-5-8-32-9-6-17/h4,7,10-12,17H,5-6,8-9,13H2,1-3H3,(H2,25,30)(H,26,27)(H,28,31). The van der Waals surface area contributed by atoms with Crippen molar-refractivity contribution in [3.05, 3.63) is 63.2 Å². The number of amides is 1. The molecule has 1 aliphatic rings. The summed E-state index contributed by atoms with van der Waals surface area (Å²) in [5.41, 5.74) is 9.28. The number of carbonyl (C=O) groups is 1. The Morgan fingerprint density at radius 2 is 2.00 bits per heavy atom. The molecule has 4 N–H and O–H groups in total. The highest BCUT2D eigenvalue weighted by Gasteiger charge is 2.22. The molecule has 32 heavy (non-hydrogen) atoms. The second kappa shape index (κ2) is 9.00. The zero-order valence-electron chi connectivity index (χ0n) is 18.7. The van der Waals surface area contributed by atoms with Crippen LogP contribution in [0.2, 0.25) is 0 Å². The van der Waals surface area contributed by atoms with Crippen molar-refractivity contribution in [3.8, 4) is 0 Å². The van der Waals surface area contributed by atoms with Gasteiger partial charge in [0.1, 0.15) is 5.82 Å². The van der Waals surface area contributed by atoms with Crippen molar-refractivity contribution < 1.29 is 9.53 Å². The molecule has 0 bridgehead atoms. The molecule has 1 saturated heterocycles. The SMILES string of the molecule is Cc1cc(C)c(CNc2nccc3c(N(C)C4CCOCC4)cc(C(N)=O)cc23)c(=O)[nH]1. The third-order valence-corrected chi connectivity index (χ3v) is 6.19. The van der Waals surface area contributed by atoms with Crippen LogP contribution in [-0.2, 0) is 11.3 Å². The summed E-state index contributed by atoms with van der Waals surface area (Å²) in [6.07, 6.45) is 3.58. The lowest BCUT2D eigenvalue weighted by Gasteiger charge is -2.34. The number of nitrogens with two attached hydrogens (primary N) is 1. The molecule has 1 amide bonds. The van der Waals surface area contributed by atoms with Gasteiger partial charge in [-0.3, -0.25) is 9.59 Å². The smallest absolute Gasteiger partial charge is 0.253 e. The maximum absolute atomic E-state index is 12.4. The molecule has 1 aromatic carbocycles. The van der Waals surface area contributed by atoms with Crippen molar-refractivity contribution in [3.63, 3.8) is 0 Å². The molecule has 8 heteroatoms. The fraction of sp³-hybridized carbons (Fsp3) is 0.375. The van der Waals surface area contributed by atoms with E-state index in [4.69, 9.17) is 10.5 Å². The Morgan fingerprint density at radius 3 is 2.69 bits per heavy atom. The molecule has 0 aliphatic carbocycles. The van der Waals surface area contributed by atoms with Gasteiger partial charge in [0.05, 0.1) is 0 Å². The molecule has 3 heterocycles. The monoisotopic (exact) mass is 435 g/mol. The van der Waals surface area contributed by atoms with Gasteiger partial charge in [-0.15, -0.1) is 0 Å². The normalized spacial score (nSPS) is 14.5. The summed E-state index contributed by atoms with van der Waals surface area (Å²) < 4.78 is 5.51. The lowest BCUT2D eigenvalue weighted by Crippen LogP contribution is -2.36. The van der Waals surface area contributed by atoms with Crippen molar-refractivity contribution in [2.45, 2.75) is 39.3 Å². The van der Waals surface area contributed by atoms with E-state index in [0.717, 1.165) is 53.8 Å². The number of nitrogens with one attached hydrogen (secondary N) is 2. The average molecular weight is 436 g/mol. The second-order valence-corrected chi connectivity index (χ2v) is 8.37. The number of benzene rings is 1. The first-order valence-corrected chi connectivity index (χ1v) is 10.8. The first-order valence-electron chi connectivity index (χ1n) is 10.8. The van der Waals surface area contributed by atoms with Crippen molar-refractivity contribution in [2.75, 3.05) is 30.5 Å². The van der Waals surface area contributed by atoms with Crippen LogP contribution >= 0.6 is 0 Å². The van der Waals surface area contributed by atoms with E-state index in [1.807, 2.05) is 39.1 Å². The number of hydrogen-bond acceptors (Lipinski definition) is 6. The Balaban J connectivity index is 1.75. The quantitative estimate of drug-likeness (QED) is 0.549. The molecular formula is C24H29N5O3. The number of rotatable bonds is 6. The topological polar surface area (TPSA) is 113 Å². The first kappa shape index (κ1) is 21.8. The van der Waals surface area contributed by atoms with Crippen molar-refractivity contribution in [1.82, 2.24) is 9.97 Å². The molecule has 0 atom stereocenters. The maximum Gasteiger partial charge on any atom is 0.253 e. The predicted octanol–water partition coefficient (Wildman–Crippen LogP) is 2.87. The Bertz CT molecular complexity index is 1210. The molecule has 8 nitrogen and oxygen atoms in total. The number of nitrogens with zero attached hydrogens (tertiary/aromatic N) is 2. The summed E-state index contributed by atoms with van der Waals surface area (Å²) in [7, 11) is 2.04. The number of carbonyl (C=O) groups excluding carboxylic acids is 1. The van der Waals surface area contributed by atoms with Gasteiger partial charge in [-0.25, -0.2) is 4.98 Å². The maximum atomic E-state index is 12.4. The summed E-state index contributed by atoms with van der Waals surface area (Å²) in [5.74, 6) is 0.112. The van der Waals surface area contributed by atoms with Gasteiger partial charge in [-0.2, -0.15) is 0 Å². The van der Waals surface area contributed by atoms with Gasteiger partial charge < -0.3 is 25.7 Å². The fourth-order valence-corrected chi connectivity index (χ4v) is 4.38. The molecule has 4 rings (SSSR count). The number of fused-ring (bicyclic) bond motifs is 1. The van der Waals surface area contributed by atoms with Crippen molar-refractivity contribution >= 4 is 28.2 Å². The van der Waals surface area contributed by atoms with Gasteiger partial charge in [0.15, 0.2) is 0 Å². The molecule has 2 aromatic heterocycles. The zero-order chi connectivity index (χ0) is 22.8. The van der Waals surface area contributed by atoms with Crippen LogP contribution in [0.15, 0.2) is 35.3 Å². The highest BCUT2D eigenvalue weighted by atomic mass is 16.5. The number of aromatic nitrogens is 2. The highest BCUT2D eigenvalue weighted by Crippen LogP contribution is 2.34. The lowest BCUT2D eigenvalue weighted by molar-refractivity contribution is 0.0855. The van der Waals surface area contributed by atoms with E-state index in [-0.39, 0.29) is 5.56 Å². The van der Waals surface area contributed by atoms with E-state index >= 15 is 0 Å². The predicted molar refractivity (Wildman–Crippen MR) is 126 cm³/mol. The molecule has 0 radical (unpaired) electrons. The van der Waals surface area contributed by atoms with Crippen LogP contribution in [0, 0.1) is 13.8 Å².